The van der Waals surface area contributed by atoms with Crippen molar-refractivity contribution >= 4 is 5.91 Å². The lowest BCUT2D eigenvalue weighted by atomic mass is 10.0. The van der Waals surface area contributed by atoms with E-state index >= 15 is 0 Å². The van der Waals surface area contributed by atoms with Crippen molar-refractivity contribution in [3.05, 3.63) is 35.9 Å². The van der Waals surface area contributed by atoms with Crippen LogP contribution in [0.25, 0.3) is 0 Å². The summed E-state index contributed by atoms with van der Waals surface area (Å²) in [6.07, 6.45) is -0.353. The molecule has 1 aromatic carbocycles. The van der Waals surface area contributed by atoms with E-state index in [1.165, 1.54) is 0 Å². The maximum atomic E-state index is 11.2. The third-order valence-electron chi connectivity index (χ3n) is 2.30. The highest BCUT2D eigenvalue weighted by Crippen LogP contribution is 2.19. The summed E-state index contributed by atoms with van der Waals surface area (Å²) in [5, 5.41) is 2.85. The summed E-state index contributed by atoms with van der Waals surface area (Å²) in [5.74, 6) is -0.423. The number of likely N-dealkylation sites (N-methyl/N-ethyl adjacent to an activating group) is 1. The number of nitrogens with two attached hydrogens (primary N) is 1. The number of ether oxygens (including phenoxy) is 1. The lowest BCUT2D eigenvalue weighted by Crippen LogP contribution is -2.44. The molecule has 1 amide bonds. The van der Waals surface area contributed by atoms with Gasteiger partial charge in [0.2, 0.25) is 5.91 Å². The maximum Gasteiger partial charge on any atom is 0.237 e. The lowest BCUT2D eigenvalue weighted by molar-refractivity contribution is -0.123. The summed E-state index contributed by atoms with van der Waals surface area (Å²) in [4.78, 5) is 11.2. The van der Waals surface area contributed by atoms with Crippen LogP contribution in [0.4, 0.5) is 0 Å². The van der Waals surface area contributed by atoms with E-state index in [9.17, 15) is 4.79 Å². The van der Waals surface area contributed by atoms with Crippen molar-refractivity contribution in [2.45, 2.75) is 12.1 Å². The summed E-state index contributed by atoms with van der Waals surface area (Å²) in [7, 11) is 3.25. The van der Waals surface area contributed by atoms with Crippen LogP contribution < -0.4 is 11.1 Å². The average molecular weight is 208 g/mol. The molecular formula is C11H16N2O2. The van der Waals surface area contributed by atoms with Gasteiger partial charge in [0, 0.05) is 7.11 Å². The topological polar surface area (TPSA) is 64.3 Å². The van der Waals surface area contributed by atoms with E-state index < -0.39 is 11.9 Å². The molecule has 0 saturated carbocycles. The molecule has 0 unspecified atom stereocenters. The van der Waals surface area contributed by atoms with Gasteiger partial charge in [0.05, 0.1) is 0 Å². The van der Waals surface area contributed by atoms with Gasteiger partial charge in [0.25, 0.3) is 0 Å². The molecule has 4 heteroatoms. The second-order valence-electron chi connectivity index (χ2n) is 3.24. The SMILES string of the molecule is CN[C@H](C(N)=O)[C@H](OC)c1ccccc1. The fraction of sp³-hybridized carbons (Fsp3) is 0.364. The number of nitrogens with one attached hydrogen (secondary N) is 1. The van der Waals surface area contributed by atoms with E-state index in [1.807, 2.05) is 30.3 Å². The van der Waals surface area contributed by atoms with Gasteiger partial charge in [-0.3, -0.25) is 4.79 Å². The van der Waals surface area contributed by atoms with E-state index in [1.54, 1.807) is 14.2 Å². The molecule has 0 bridgehead atoms. The Morgan fingerprint density at radius 3 is 2.40 bits per heavy atom. The van der Waals surface area contributed by atoms with Crippen molar-refractivity contribution in [2.24, 2.45) is 5.73 Å². The molecule has 0 heterocycles. The number of amides is 1. The monoisotopic (exact) mass is 208 g/mol. The van der Waals surface area contributed by atoms with Crippen LogP contribution in [0, 0.1) is 0 Å². The van der Waals surface area contributed by atoms with Crippen molar-refractivity contribution < 1.29 is 9.53 Å². The summed E-state index contributed by atoms with van der Waals surface area (Å²) in [5.41, 5.74) is 6.21. The van der Waals surface area contributed by atoms with Crippen LogP contribution in [0.2, 0.25) is 0 Å². The van der Waals surface area contributed by atoms with Crippen LogP contribution in [-0.4, -0.2) is 26.1 Å². The van der Waals surface area contributed by atoms with Gasteiger partial charge in [-0.05, 0) is 12.6 Å². The number of benzene rings is 1. The number of hydrogen-bond donors (Lipinski definition) is 2. The van der Waals surface area contributed by atoms with Gasteiger partial charge in [-0.2, -0.15) is 0 Å². The molecule has 15 heavy (non-hydrogen) atoms. The Bertz CT molecular complexity index is 314. The molecule has 0 saturated heterocycles. The van der Waals surface area contributed by atoms with Crippen LogP contribution >= 0.6 is 0 Å². The number of methoxy groups -OCH3 is 1. The van der Waals surface area contributed by atoms with Crippen molar-refractivity contribution in [3.8, 4) is 0 Å². The van der Waals surface area contributed by atoms with Crippen molar-refractivity contribution in [3.63, 3.8) is 0 Å². The highest BCUT2D eigenvalue weighted by atomic mass is 16.5. The standard InChI is InChI=1S/C11H16N2O2/c1-13-9(11(12)14)10(15-2)8-6-4-3-5-7-8/h3-7,9-10,13H,1-2H3,(H2,12,14)/t9-,10+/m0/s1. The van der Waals surface area contributed by atoms with E-state index in [4.69, 9.17) is 10.5 Å². The van der Waals surface area contributed by atoms with Gasteiger partial charge in [-0.25, -0.2) is 0 Å². The van der Waals surface area contributed by atoms with E-state index in [0.717, 1.165) is 5.56 Å². The Morgan fingerprint density at radius 2 is 2.00 bits per heavy atom. The molecule has 0 aromatic heterocycles. The van der Waals surface area contributed by atoms with Gasteiger partial charge < -0.3 is 15.8 Å². The predicted octanol–water partition coefficient (Wildman–Crippen LogP) is 0.447. The highest BCUT2D eigenvalue weighted by Gasteiger charge is 2.25. The first kappa shape index (κ1) is 11.7. The minimum atomic E-state index is -0.516. The molecule has 0 aliphatic rings. The maximum absolute atomic E-state index is 11.2. The lowest BCUT2D eigenvalue weighted by Gasteiger charge is -2.23. The second kappa shape index (κ2) is 5.48. The van der Waals surface area contributed by atoms with E-state index in [2.05, 4.69) is 5.32 Å². The number of rotatable bonds is 5. The van der Waals surface area contributed by atoms with Gasteiger partial charge in [0.15, 0.2) is 0 Å². The third-order valence-corrected chi connectivity index (χ3v) is 2.30. The zero-order valence-corrected chi connectivity index (χ0v) is 8.94. The van der Waals surface area contributed by atoms with Crippen LogP contribution in [0.15, 0.2) is 30.3 Å². The smallest absolute Gasteiger partial charge is 0.237 e. The Labute approximate surface area is 89.4 Å². The minimum Gasteiger partial charge on any atom is -0.375 e. The first-order valence-electron chi connectivity index (χ1n) is 4.75. The summed E-state index contributed by atoms with van der Waals surface area (Å²) in [6, 6.07) is 9.00. The summed E-state index contributed by atoms with van der Waals surface area (Å²) >= 11 is 0. The molecule has 82 valence electrons. The fourth-order valence-electron chi connectivity index (χ4n) is 1.55. The molecule has 1 aromatic rings. The van der Waals surface area contributed by atoms with Crippen LogP contribution in [0.5, 0.6) is 0 Å². The average Bonchev–Trinajstić information content (AvgIpc) is 2.26. The number of carbonyl (C=O) groups excluding carboxylic acids is 1. The highest BCUT2D eigenvalue weighted by molar-refractivity contribution is 5.80. The zero-order chi connectivity index (χ0) is 11.3. The van der Waals surface area contributed by atoms with Crippen molar-refractivity contribution in [2.75, 3.05) is 14.2 Å². The van der Waals surface area contributed by atoms with Gasteiger partial charge in [-0.1, -0.05) is 30.3 Å². The Morgan fingerprint density at radius 1 is 1.40 bits per heavy atom. The first-order chi connectivity index (χ1) is 7.20. The van der Waals surface area contributed by atoms with Crippen LogP contribution in [-0.2, 0) is 9.53 Å². The molecule has 4 nitrogen and oxygen atoms in total. The molecule has 0 aliphatic heterocycles. The molecular weight excluding hydrogens is 192 g/mol. The molecule has 3 N–H and O–H groups in total. The largest absolute Gasteiger partial charge is 0.375 e. The molecule has 0 radical (unpaired) electrons. The number of hydrogen-bond acceptors (Lipinski definition) is 3. The van der Waals surface area contributed by atoms with Gasteiger partial charge >= 0.3 is 0 Å². The molecule has 0 spiro atoms. The molecule has 2 atom stereocenters. The van der Waals surface area contributed by atoms with E-state index in [0.29, 0.717) is 0 Å². The normalized spacial score (nSPS) is 14.5. The zero-order valence-electron chi connectivity index (χ0n) is 8.94. The summed E-state index contributed by atoms with van der Waals surface area (Å²) in [6.45, 7) is 0. The van der Waals surface area contributed by atoms with Crippen LogP contribution in [0.1, 0.15) is 11.7 Å². The number of carbonyl (C=O) groups is 1. The quantitative estimate of drug-likeness (QED) is 0.738. The predicted molar refractivity (Wildman–Crippen MR) is 58.2 cm³/mol. The second-order valence-corrected chi connectivity index (χ2v) is 3.24. The van der Waals surface area contributed by atoms with Crippen molar-refractivity contribution in [1.29, 1.82) is 0 Å². The molecule has 0 aliphatic carbocycles. The molecule has 1 rings (SSSR count). The Hall–Kier alpha value is -1.39. The van der Waals surface area contributed by atoms with Gasteiger partial charge in [-0.15, -0.1) is 0 Å². The van der Waals surface area contributed by atoms with E-state index in [-0.39, 0.29) is 6.10 Å². The van der Waals surface area contributed by atoms with Crippen molar-refractivity contribution in [1.82, 2.24) is 5.32 Å². The Balaban J connectivity index is 2.92. The minimum absolute atomic E-state index is 0.353. The van der Waals surface area contributed by atoms with Crippen LogP contribution in [0.3, 0.4) is 0 Å². The number of primary amides is 1. The third kappa shape index (κ3) is 2.78. The summed E-state index contributed by atoms with van der Waals surface area (Å²) < 4.78 is 5.29. The molecule has 0 fully saturated rings. The first-order valence-corrected chi connectivity index (χ1v) is 4.75. The Kier molecular flexibility index (Phi) is 4.27. The fourth-order valence-corrected chi connectivity index (χ4v) is 1.55. The van der Waals surface area contributed by atoms with Gasteiger partial charge in [0.1, 0.15) is 12.1 Å².